The molecule has 0 heterocycles. The highest BCUT2D eigenvalue weighted by Crippen LogP contribution is 2.09. The Labute approximate surface area is 350 Å². The number of amides is 9. The maximum atomic E-state index is 13.4. The van der Waals surface area contributed by atoms with Crippen LogP contribution in [0.4, 0.5) is 0 Å². The SMILES string of the molecule is CC(C)C[C@H](NC(=O)[C@H](CC(=O)O)NC(=O)[C@H](Cc1ccccc1)NC(=O)CN)C(=O)N[C@@H](CO)C(=O)NCC(=O)NCC(=O)NCC(=O)N[C@H](C(=O)NCC(=O)O)C(C)C. The number of aliphatic hydroxyl groups excluding tert-OH is 1. The number of nitrogens with one attached hydrogen (secondary N) is 9. The summed E-state index contributed by atoms with van der Waals surface area (Å²) in [5.41, 5.74) is 6.02. The summed E-state index contributed by atoms with van der Waals surface area (Å²) in [5.74, 6) is -11.5. The highest BCUT2D eigenvalue weighted by Gasteiger charge is 2.33. The third kappa shape index (κ3) is 21.2. The summed E-state index contributed by atoms with van der Waals surface area (Å²) < 4.78 is 0. The highest BCUT2D eigenvalue weighted by molar-refractivity contribution is 5.98. The molecule has 1 rings (SSSR count). The molecule has 1 aromatic rings. The third-order valence-electron chi connectivity index (χ3n) is 8.28. The molecule has 14 N–H and O–H groups in total. The number of hydrogen-bond acceptors (Lipinski definition) is 13. The lowest BCUT2D eigenvalue weighted by Crippen LogP contribution is -2.59. The van der Waals surface area contributed by atoms with Crippen molar-refractivity contribution >= 4 is 65.1 Å². The summed E-state index contributed by atoms with van der Waals surface area (Å²) in [6.07, 6.45) is -1.02. The van der Waals surface area contributed by atoms with Crippen LogP contribution in [0.1, 0.15) is 46.1 Å². The molecule has 9 amide bonds. The summed E-state index contributed by atoms with van der Waals surface area (Å²) in [7, 11) is 0. The molecule has 0 unspecified atom stereocenters. The quantitative estimate of drug-likeness (QED) is 0.0392. The summed E-state index contributed by atoms with van der Waals surface area (Å²) in [5, 5.41) is 48.6. The number of carboxylic acids is 2. The fraction of sp³-hybridized carbons (Fsp3) is 0.541. The standard InChI is InChI=1S/C37H56N10O14/c1-19(2)10-22(44-36(60)24(12-30(53)54)45-35(59)23(43-26(49)13-38)11-21-8-6-5-7-9-21)34(58)46-25(18-48)33(57)41-15-28(51)39-14-27(50)40-16-29(52)47-32(20(3)4)37(61)42-17-31(55)56/h5-9,19-20,22-25,32,48H,10-18,38H2,1-4H3,(H,39,51)(H,40,50)(H,41,57)(H,42,61)(H,43,49)(H,44,60)(H,45,59)(H,46,58)(H,47,52)(H,53,54)(H,55,56)/t22-,23-,24-,25-,32-/m0/s1. The van der Waals surface area contributed by atoms with E-state index in [4.69, 9.17) is 10.8 Å². The zero-order valence-electron chi connectivity index (χ0n) is 34.2. The number of carbonyl (C=O) groups is 11. The Bertz CT molecular complexity index is 1730. The van der Waals surface area contributed by atoms with Crippen LogP contribution in [0.25, 0.3) is 0 Å². The van der Waals surface area contributed by atoms with E-state index < -0.39 is 147 Å². The van der Waals surface area contributed by atoms with E-state index in [1.54, 1.807) is 58.0 Å². The van der Waals surface area contributed by atoms with E-state index in [9.17, 15) is 63.0 Å². The van der Waals surface area contributed by atoms with Crippen molar-refractivity contribution in [1.29, 1.82) is 0 Å². The normalized spacial score (nSPS) is 13.2. The lowest BCUT2D eigenvalue weighted by molar-refractivity contribution is -0.141. The first-order chi connectivity index (χ1) is 28.7. The van der Waals surface area contributed by atoms with Crippen molar-refractivity contribution in [2.45, 2.75) is 77.2 Å². The van der Waals surface area contributed by atoms with Crippen molar-refractivity contribution in [3.63, 3.8) is 0 Å². The highest BCUT2D eigenvalue weighted by atomic mass is 16.4. The second-order valence-electron chi connectivity index (χ2n) is 14.3. The minimum Gasteiger partial charge on any atom is -0.481 e. The zero-order chi connectivity index (χ0) is 46.2. The van der Waals surface area contributed by atoms with Crippen LogP contribution in [0.15, 0.2) is 30.3 Å². The predicted molar refractivity (Wildman–Crippen MR) is 212 cm³/mol. The van der Waals surface area contributed by atoms with Gasteiger partial charge in [0, 0.05) is 6.42 Å². The molecule has 0 spiro atoms. The molecule has 24 heteroatoms. The number of nitrogens with two attached hydrogens (primary N) is 1. The monoisotopic (exact) mass is 864 g/mol. The van der Waals surface area contributed by atoms with Gasteiger partial charge in [-0.3, -0.25) is 52.7 Å². The number of aliphatic hydroxyl groups is 1. The van der Waals surface area contributed by atoms with Gasteiger partial charge < -0.3 is 68.9 Å². The number of aliphatic carboxylic acids is 2. The van der Waals surface area contributed by atoms with Gasteiger partial charge in [-0.15, -0.1) is 0 Å². The summed E-state index contributed by atoms with van der Waals surface area (Å²) >= 11 is 0. The molecule has 0 fully saturated rings. The zero-order valence-corrected chi connectivity index (χ0v) is 34.2. The molecule has 0 bridgehead atoms. The van der Waals surface area contributed by atoms with Gasteiger partial charge in [0.25, 0.3) is 0 Å². The van der Waals surface area contributed by atoms with Crippen molar-refractivity contribution < 1.29 is 68.1 Å². The van der Waals surface area contributed by atoms with Crippen molar-refractivity contribution in [2.75, 3.05) is 39.3 Å². The van der Waals surface area contributed by atoms with Crippen LogP contribution in [0, 0.1) is 11.8 Å². The van der Waals surface area contributed by atoms with Gasteiger partial charge in [0.15, 0.2) is 0 Å². The van der Waals surface area contributed by atoms with Gasteiger partial charge in [0.05, 0.1) is 39.2 Å². The lowest BCUT2D eigenvalue weighted by atomic mass is 10.0. The van der Waals surface area contributed by atoms with Crippen molar-refractivity contribution in [2.24, 2.45) is 17.6 Å². The van der Waals surface area contributed by atoms with Crippen molar-refractivity contribution in [1.82, 2.24) is 47.9 Å². The third-order valence-corrected chi connectivity index (χ3v) is 8.28. The van der Waals surface area contributed by atoms with E-state index in [1.807, 2.05) is 0 Å². The second-order valence-corrected chi connectivity index (χ2v) is 14.3. The molecule has 338 valence electrons. The number of rotatable bonds is 27. The fourth-order valence-corrected chi connectivity index (χ4v) is 5.22. The van der Waals surface area contributed by atoms with Crippen LogP contribution in [0.2, 0.25) is 0 Å². The Morgan fingerprint density at radius 1 is 0.541 bits per heavy atom. The van der Waals surface area contributed by atoms with Crippen LogP contribution in [-0.2, 0) is 59.2 Å². The van der Waals surface area contributed by atoms with Gasteiger partial charge in [-0.2, -0.15) is 0 Å². The van der Waals surface area contributed by atoms with E-state index in [1.165, 1.54) is 0 Å². The molecule has 0 aliphatic heterocycles. The van der Waals surface area contributed by atoms with E-state index >= 15 is 0 Å². The predicted octanol–water partition coefficient (Wildman–Crippen LogP) is -5.67. The maximum Gasteiger partial charge on any atom is 0.322 e. The maximum absolute atomic E-state index is 13.4. The van der Waals surface area contributed by atoms with E-state index in [0.29, 0.717) is 5.56 Å². The van der Waals surface area contributed by atoms with Gasteiger partial charge in [-0.05, 0) is 23.8 Å². The Kier molecular flexibility index (Phi) is 23.3. The van der Waals surface area contributed by atoms with Crippen LogP contribution < -0.4 is 53.6 Å². The number of benzene rings is 1. The Balaban J connectivity index is 2.84. The number of carboxylic acid groups (broad SMARTS) is 2. The van der Waals surface area contributed by atoms with Gasteiger partial charge in [0.1, 0.15) is 36.8 Å². The van der Waals surface area contributed by atoms with Gasteiger partial charge in [0.2, 0.25) is 53.2 Å². The topological polar surface area (TPSA) is 383 Å². The Morgan fingerprint density at radius 3 is 1.57 bits per heavy atom. The first kappa shape index (κ1) is 52.3. The molecule has 24 nitrogen and oxygen atoms in total. The molecule has 0 aromatic heterocycles. The molecule has 0 aliphatic rings. The summed E-state index contributed by atoms with van der Waals surface area (Å²) in [4.78, 5) is 136. The Morgan fingerprint density at radius 2 is 1.05 bits per heavy atom. The summed E-state index contributed by atoms with van der Waals surface area (Å²) in [6, 6.07) is 1.30. The number of carbonyl (C=O) groups excluding carboxylic acids is 9. The average Bonchev–Trinajstić information content (AvgIpc) is 3.20. The van der Waals surface area contributed by atoms with Crippen LogP contribution in [-0.4, -0.2) is 150 Å². The Hall–Kier alpha value is -6.69. The molecule has 0 radical (unpaired) electrons. The fourth-order valence-electron chi connectivity index (χ4n) is 5.22. The molecule has 5 atom stereocenters. The van der Waals surface area contributed by atoms with Gasteiger partial charge >= 0.3 is 11.9 Å². The number of hydrogen-bond donors (Lipinski definition) is 13. The first-order valence-electron chi connectivity index (χ1n) is 19.0. The summed E-state index contributed by atoms with van der Waals surface area (Å²) in [6.45, 7) is 2.50. The van der Waals surface area contributed by atoms with Crippen LogP contribution >= 0.6 is 0 Å². The van der Waals surface area contributed by atoms with Gasteiger partial charge in [-0.25, -0.2) is 0 Å². The molecule has 0 saturated heterocycles. The van der Waals surface area contributed by atoms with Gasteiger partial charge in [-0.1, -0.05) is 58.0 Å². The molecule has 0 saturated carbocycles. The van der Waals surface area contributed by atoms with Crippen LogP contribution in [0.5, 0.6) is 0 Å². The molecule has 61 heavy (non-hydrogen) atoms. The molecule has 1 aromatic carbocycles. The van der Waals surface area contributed by atoms with Crippen molar-refractivity contribution in [3.05, 3.63) is 35.9 Å². The van der Waals surface area contributed by atoms with Crippen molar-refractivity contribution in [3.8, 4) is 0 Å². The van der Waals surface area contributed by atoms with E-state index in [-0.39, 0.29) is 18.8 Å². The minimum atomic E-state index is -1.74. The smallest absolute Gasteiger partial charge is 0.322 e. The van der Waals surface area contributed by atoms with E-state index in [2.05, 4.69) is 47.9 Å². The molecule has 0 aliphatic carbocycles. The van der Waals surface area contributed by atoms with E-state index in [0.717, 1.165) is 0 Å². The lowest BCUT2D eigenvalue weighted by Gasteiger charge is -2.26. The van der Waals surface area contributed by atoms with Crippen LogP contribution in [0.3, 0.4) is 0 Å². The largest absolute Gasteiger partial charge is 0.481 e. The first-order valence-corrected chi connectivity index (χ1v) is 19.0. The minimum absolute atomic E-state index is 0.0387. The second kappa shape index (κ2) is 27.1. The molecular weight excluding hydrogens is 808 g/mol. The molecular formula is C37H56N10O14. The average molecular weight is 865 g/mol.